The van der Waals surface area contributed by atoms with Gasteiger partial charge in [-0.25, -0.2) is 4.79 Å². The predicted molar refractivity (Wildman–Crippen MR) is 77.1 cm³/mol. The van der Waals surface area contributed by atoms with Crippen molar-refractivity contribution in [1.29, 1.82) is 0 Å². The molecule has 1 heterocycles. The van der Waals surface area contributed by atoms with Gasteiger partial charge in [-0.1, -0.05) is 12.8 Å². The van der Waals surface area contributed by atoms with Crippen LogP contribution in [0.3, 0.4) is 0 Å². The molecule has 2 rings (SSSR count). The normalized spacial score (nSPS) is 27.7. The van der Waals surface area contributed by atoms with Gasteiger partial charge in [-0.15, -0.1) is 0 Å². The van der Waals surface area contributed by atoms with E-state index in [1.165, 1.54) is 0 Å². The minimum absolute atomic E-state index is 0.231. The third-order valence-corrected chi connectivity index (χ3v) is 4.41. The lowest BCUT2D eigenvalue weighted by molar-refractivity contribution is -0.121. The Morgan fingerprint density at radius 3 is 2.60 bits per heavy atom. The standard InChI is InChI=1S/C14H26N4O2/c1-10-6-11(7-15)8-18(10)9-13(19)17-14(20)16-12-4-2-3-5-12/h10-12H,2-9,15H2,1H3,(H2,16,17,19,20). The van der Waals surface area contributed by atoms with Crippen LogP contribution in [0.4, 0.5) is 4.79 Å². The first-order valence-electron chi connectivity index (χ1n) is 7.63. The summed E-state index contributed by atoms with van der Waals surface area (Å²) in [6.07, 6.45) is 5.37. The second-order valence-electron chi connectivity index (χ2n) is 6.12. The largest absolute Gasteiger partial charge is 0.335 e. The van der Waals surface area contributed by atoms with E-state index in [0.29, 0.717) is 18.5 Å². The number of hydrogen-bond donors (Lipinski definition) is 3. The molecule has 1 saturated carbocycles. The number of imide groups is 1. The molecule has 0 aromatic carbocycles. The summed E-state index contributed by atoms with van der Waals surface area (Å²) < 4.78 is 0. The number of nitrogens with zero attached hydrogens (tertiary/aromatic N) is 1. The molecule has 1 aliphatic heterocycles. The fourth-order valence-electron chi connectivity index (χ4n) is 3.25. The molecule has 4 N–H and O–H groups in total. The van der Waals surface area contributed by atoms with Crippen LogP contribution >= 0.6 is 0 Å². The molecule has 2 unspecified atom stereocenters. The summed E-state index contributed by atoms with van der Waals surface area (Å²) in [7, 11) is 0. The molecular formula is C14H26N4O2. The molecule has 3 amide bonds. The first-order chi connectivity index (χ1) is 9.58. The monoisotopic (exact) mass is 282 g/mol. The Morgan fingerprint density at radius 1 is 1.30 bits per heavy atom. The highest BCUT2D eigenvalue weighted by molar-refractivity contribution is 5.95. The lowest BCUT2D eigenvalue weighted by Crippen LogP contribution is -2.47. The number of likely N-dealkylation sites (tertiary alicyclic amines) is 1. The minimum atomic E-state index is -0.357. The van der Waals surface area contributed by atoms with E-state index >= 15 is 0 Å². The Kier molecular flexibility index (Phi) is 5.37. The van der Waals surface area contributed by atoms with Crippen LogP contribution in [-0.2, 0) is 4.79 Å². The summed E-state index contributed by atoms with van der Waals surface area (Å²) in [6, 6.07) is 0.228. The average molecular weight is 282 g/mol. The number of hydrogen-bond acceptors (Lipinski definition) is 4. The van der Waals surface area contributed by atoms with Gasteiger partial charge >= 0.3 is 6.03 Å². The zero-order chi connectivity index (χ0) is 14.5. The SMILES string of the molecule is CC1CC(CN)CN1CC(=O)NC(=O)NC1CCCC1. The maximum absolute atomic E-state index is 11.9. The van der Waals surface area contributed by atoms with Gasteiger partial charge in [-0.3, -0.25) is 15.0 Å². The Labute approximate surface area is 120 Å². The van der Waals surface area contributed by atoms with Crippen LogP contribution in [0.15, 0.2) is 0 Å². The maximum Gasteiger partial charge on any atom is 0.321 e. The molecular weight excluding hydrogens is 256 g/mol. The van der Waals surface area contributed by atoms with Crippen molar-refractivity contribution in [1.82, 2.24) is 15.5 Å². The number of nitrogens with two attached hydrogens (primary N) is 1. The molecule has 0 radical (unpaired) electrons. The Balaban J connectivity index is 1.70. The van der Waals surface area contributed by atoms with Gasteiger partial charge in [0.05, 0.1) is 6.54 Å². The maximum atomic E-state index is 11.9. The van der Waals surface area contributed by atoms with Crippen molar-refractivity contribution in [3.63, 3.8) is 0 Å². The summed E-state index contributed by atoms with van der Waals surface area (Å²) in [5.41, 5.74) is 5.67. The summed E-state index contributed by atoms with van der Waals surface area (Å²) in [5.74, 6) is 0.232. The molecule has 6 heteroatoms. The van der Waals surface area contributed by atoms with E-state index in [2.05, 4.69) is 22.5 Å². The molecule has 6 nitrogen and oxygen atoms in total. The van der Waals surface area contributed by atoms with Crippen LogP contribution in [-0.4, -0.2) is 48.6 Å². The van der Waals surface area contributed by atoms with E-state index in [-0.39, 0.29) is 24.5 Å². The number of rotatable bonds is 4. The van der Waals surface area contributed by atoms with Crippen LogP contribution in [0, 0.1) is 5.92 Å². The first-order valence-corrected chi connectivity index (χ1v) is 7.63. The molecule has 1 saturated heterocycles. The Hall–Kier alpha value is -1.14. The summed E-state index contributed by atoms with van der Waals surface area (Å²) in [5, 5.41) is 5.28. The van der Waals surface area contributed by atoms with Crippen molar-refractivity contribution in [2.75, 3.05) is 19.6 Å². The highest BCUT2D eigenvalue weighted by atomic mass is 16.2. The van der Waals surface area contributed by atoms with Crippen LogP contribution in [0.25, 0.3) is 0 Å². The highest BCUT2D eigenvalue weighted by Crippen LogP contribution is 2.21. The third kappa shape index (κ3) is 4.18. The topological polar surface area (TPSA) is 87.5 Å². The van der Waals surface area contributed by atoms with Crippen molar-refractivity contribution in [2.45, 2.75) is 51.1 Å². The second-order valence-corrected chi connectivity index (χ2v) is 6.12. The zero-order valence-corrected chi connectivity index (χ0v) is 12.2. The van der Waals surface area contributed by atoms with E-state index in [9.17, 15) is 9.59 Å². The molecule has 114 valence electrons. The number of nitrogens with one attached hydrogen (secondary N) is 2. The molecule has 2 aliphatic rings. The fourth-order valence-corrected chi connectivity index (χ4v) is 3.25. The van der Waals surface area contributed by atoms with Crippen molar-refractivity contribution in [3.05, 3.63) is 0 Å². The van der Waals surface area contributed by atoms with Gasteiger partial charge in [0.2, 0.25) is 5.91 Å². The molecule has 20 heavy (non-hydrogen) atoms. The smallest absolute Gasteiger partial charge is 0.321 e. The fraction of sp³-hybridized carbons (Fsp3) is 0.857. The van der Waals surface area contributed by atoms with E-state index in [1.54, 1.807) is 0 Å². The molecule has 2 fully saturated rings. The van der Waals surface area contributed by atoms with Gasteiger partial charge in [0.1, 0.15) is 0 Å². The van der Waals surface area contributed by atoms with E-state index in [0.717, 1.165) is 38.6 Å². The van der Waals surface area contributed by atoms with Gasteiger partial charge in [0, 0.05) is 18.6 Å². The van der Waals surface area contributed by atoms with Crippen molar-refractivity contribution >= 4 is 11.9 Å². The van der Waals surface area contributed by atoms with Gasteiger partial charge in [-0.2, -0.15) is 0 Å². The van der Waals surface area contributed by atoms with E-state index in [4.69, 9.17) is 5.73 Å². The van der Waals surface area contributed by atoms with Crippen molar-refractivity contribution < 1.29 is 9.59 Å². The highest BCUT2D eigenvalue weighted by Gasteiger charge is 2.29. The Morgan fingerprint density at radius 2 is 2.00 bits per heavy atom. The number of carbonyl (C=O) groups is 2. The third-order valence-electron chi connectivity index (χ3n) is 4.41. The van der Waals surface area contributed by atoms with Crippen LogP contribution in [0.5, 0.6) is 0 Å². The lowest BCUT2D eigenvalue weighted by Gasteiger charge is -2.20. The molecule has 0 aromatic heterocycles. The second kappa shape index (κ2) is 7.04. The van der Waals surface area contributed by atoms with Crippen molar-refractivity contribution in [2.24, 2.45) is 11.7 Å². The van der Waals surface area contributed by atoms with Gasteiger partial charge in [0.15, 0.2) is 0 Å². The number of amides is 3. The molecule has 2 atom stereocenters. The minimum Gasteiger partial charge on any atom is -0.335 e. The molecule has 0 bridgehead atoms. The molecule has 0 aromatic rings. The van der Waals surface area contributed by atoms with Crippen LogP contribution in [0.2, 0.25) is 0 Å². The van der Waals surface area contributed by atoms with Gasteiger partial charge in [-0.05, 0) is 38.6 Å². The van der Waals surface area contributed by atoms with Crippen molar-refractivity contribution in [3.8, 4) is 0 Å². The summed E-state index contributed by atoms with van der Waals surface area (Å²) in [4.78, 5) is 25.7. The Bertz CT molecular complexity index is 355. The summed E-state index contributed by atoms with van der Waals surface area (Å²) in [6.45, 7) is 3.87. The first kappa shape index (κ1) is 15.3. The average Bonchev–Trinajstić information content (AvgIpc) is 3.00. The molecule has 1 aliphatic carbocycles. The number of carbonyl (C=O) groups excluding carboxylic acids is 2. The lowest BCUT2D eigenvalue weighted by atomic mass is 10.1. The van der Waals surface area contributed by atoms with E-state index in [1.807, 2.05) is 0 Å². The van der Waals surface area contributed by atoms with E-state index < -0.39 is 0 Å². The molecule has 0 spiro atoms. The number of urea groups is 1. The quantitative estimate of drug-likeness (QED) is 0.697. The summed E-state index contributed by atoms with van der Waals surface area (Å²) >= 11 is 0. The predicted octanol–water partition coefficient (Wildman–Crippen LogP) is 0.424. The van der Waals surface area contributed by atoms with Crippen LogP contribution < -0.4 is 16.4 Å². The van der Waals surface area contributed by atoms with Gasteiger partial charge < -0.3 is 11.1 Å². The zero-order valence-electron chi connectivity index (χ0n) is 12.2. The van der Waals surface area contributed by atoms with Crippen LogP contribution in [0.1, 0.15) is 39.0 Å². The van der Waals surface area contributed by atoms with Gasteiger partial charge in [0.25, 0.3) is 0 Å².